The van der Waals surface area contributed by atoms with Crippen LogP contribution in [0.1, 0.15) is 52.0 Å². The summed E-state index contributed by atoms with van der Waals surface area (Å²) < 4.78 is 0. The minimum absolute atomic E-state index is 0.0986. The first-order chi connectivity index (χ1) is 15.7. The van der Waals surface area contributed by atoms with E-state index in [1.807, 2.05) is 50.5 Å². The van der Waals surface area contributed by atoms with Gasteiger partial charge in [-0.05, 0) is 37.8 Å². The highest BCUT2D eigenvalue weighted by Gasteiger charge is 2.28. The molecule has 1 aromatic carbocycles. The van der Waals surface area contributed by atoms with Gasteiger partial charge in [0.25, 0.3) is 0 Å². The molecular weight excluding hydrogens is 422 g/mol. The van der Waals surface area contributed by atoms with Crippen LogP contribution in [0.2, 0.25) is 0 Å². The molecule has 0 aliphatic heterocycles. The third-order valence-electron chi connectivity index (χ3n) is 5.61. The van der Waals surface area contributed by atoms with E-state index in [0.717, 1.165) is 18.4 Å². The summed E-state index contributed by atoms with van der Waals surface area (Å²) in [6.07, 6.45) is 4.73. The molecule has 7 N–H and O–H groups in total. The number of benzene rings is 1. The monoisotopic (exact) mass is 460 g/mol. The largest absolute Gasteiger partial charge is 0.344 e. The lowest BCUT2D eigenvalue weighted by molar-refractivity contribution is -0.132. The van der Waals surface area contributed by atoms with Crippen molar-refractivity contribution in [2.24, 2.45) is 17.4 Å². The molecular formula is C24H38N5O4. The Kier molecular flexibility index (Phi) is 13.0. The van der Waals surface area contributed by atoms with E-state index in [-0.39, 0.29) is 12.3 Å². The van der Waals surface area contributed by atoms with Crippen molar-refractivity contribution in [3.05, 3.63) is 35.9 Å². The fraction of sp³-hybridized carbons (Fsp3) is 0.583. The quantitative estimate of drug-likeness (QED) is 0.237. The van der Waals surface area contributed by atoms with Gasteiger partial charge in [0.1, 0.15) is 12.1 Å². The number of carbonyl (C=O) groups is 3. The molecule has 0 aromatic heterocycles. The molecule has 3 amide bonds. The van der Waals surface area contributed by atoms with Crippen LogP contribution >= 0.6 is 0 Å². The second-order valence-corrected chi connectivity index (χ2v) is 8.36. The molecule has 33 heavy (non-hydrogen) atoms. The van der Waals surface area contributed by atoms with Crippen LogP contribution in [0, 0.1) is 5.92 Å². The van der Waals surface area contributed by atoms with Gasteiger partial charge in [-0.1, -0.05) is 57.0 Å². The molecule has 0 fully saturated rings. The maximum Gasteiger partial charge on any atom is 0.243 e. The number of rotatable bonds is 15. The van der Waals surface area contributed by atoms with E-state index in [1.165, 1.54) is 6.92 Å². The maximum absolute atomic E-state index is 13.0. The van der Waals surface area contributed by atoms with E-state index in [1.54, 1.807) is 0 Å². The number of carbonyl (C=O) groups excluding carboxylic acids is 4. The molecule has 0 bridgehead atoms. The molecule has 183 valence electrons. The number of hydrogen-bond donors (Lipinski definition) is 5. The van der Waals surface area contributed by atoms with Crippen molar-refractivity contribution >= 4 is 24.0 Å². The first-order valence-corrected chi connectivity index (χ1v) is 11.5. The average Bonchev–Trinajstić information content (AvgIpc) is 2.81. The fourth-order valence-electron chi connectivity index (χ4n) is 3.16. The van der Waals surface area contributed by atoms with Crippen molar-refractivity contribution in [2.75, 3.05) is 6.54 Å². The third-order valence-corrected chi connectivity index (χ3v) is 5.61. The van der Waals surface area contributed by atoms with Gasteiger partial charge in [0.15, 0.2) is 0 Å². The Morgan fingerprint density at radius 2 is 1.64 bits per heavy atom. The minimum atomic E-state index is -0.933. The van der Waals surface area contributed by atoms with Crippen molar-refractivity contribution in [2.45, 2.75) is 77.0 Å². The van der Waals surface area contributed by atoms with Gasteiger partial charge in [0, 0.05) is 6.42 Å². The van der Waals surface area contributed by atoms with Gasteiger partial charge in [0.2, 0.25) is 24.0 Å². The maximum atomic E-state index is 13.0. The lowest BCUT2D eigenvalue weighted by Crippen LogP contribution is -2.56. The molecule has 0 aliphatic carbocycles. The Labute approximate surface area is 196 Å². The lowest BCUT2D eigenvalue weighted by atomic mass is 9.99. The third kappa shape index (κ3) is 10.1. The molecule has 0 aliphatic rings. The molecule has 0 spiro atoms. The van der Waals surface area contributed by atoms with Crippen molar-refractivity contribution in [3.8, 4) is 0 Å². The Morgan fingerprint density at radius 1 is 0.970 bits per heavy atom. The predicted molar refractivity (Wildman–Crippen MR) is 128 cm³/mol. The number of nitrogens with one attached hydrogen (secondary N) is 3. The molecule has 1 rings (SSSR count). The number of nitrogens with two attached hydrogens (primary N) is 2. The van der Waals surface area contributed by atoms with Crippen molar-refractivity contribution in [1.82, 2.24) is 16.0 Å². The van der Waals surface area contributed by atoms with Crippen LogP contribution in [0.4, 0.5) is 0 Å². The van der Waals surface area contributed by atoms with Crippen molar-refractivity contribution < 1.29 is 19.2 Å². The summed E-state index contributed by atoms with van der Waals surface area (Å²) in [5.41, 5.74) is 12.2. The van der Waals surface area contributed by atoms with Gasteiger partial charge in [-0.25, -0.2) is 0 Å². The summed E-state index contributed by atoms with van der Waals surface area (Å²) in [7, 11) is 0. The van der Waals surface area contributed by atoms with Crippen LogP contribution in [0.5, 0.6) is 0 Å². The van der Waals surface area contributed by atoms with Crippen LogP contribution in [-0.2, 0) is 25.6 Å². The Bertz CT molecular complexity index is 758. The van der Waals surface area contributed by atoms with E-state index < -0.39 is 41.9 Å². The lowest BCUT2D eigenvalue weighted by Gasteiger charge is -2.25. The highest BCUT2D eigenvalue weighted by atomic mass is 16.2. The van der Waals surface area contributed by atoms with E-state index >= 15 is 0 Å². The van der Waals surface area contributed by atoms with Crippen LogP contribution in [0.25, 0.3) is 0 Å². The summed E-state index contributed by atoms with van der Waals surface area (Å²) in [6, 6.07) is 5.86. The van der Waals surface area contributed by atoms with Gasteiger partial charge in [0.05, 0.1) is 12.1 Å². The molecule has 0 heterocycles. The molecule has 5 unspecified atom stereocenters. The molecule has 0 saturated heterocycles. The number of amides is 3. The van der Waals surface area contributed by atoms with Crippen LogP contribution in [-0.4, -0.2) is 54.7 Å². The van der Waals surface area contributed by atoms with Gasteiger partial charge in [-0.3, -0.25) is 19.2 Å². The highest BCUT2D eigenvalue weighted by Crippen LogP contribution is 2.08. The molecule has 9 nitrogen and oxygen atoms in total. The molecule has 1 radical (unpaired) electrons. The normalized spacial score (nSPS) is 15.4. The van der Waals surface area contributed by atoms with E-state index in [9.17, 15) is 19.2 Å². The smallest absolute Gasteiger partial charge is 0.243 e. The molecule has 1 aromatic rings. The van der Waals surface area contributed by atoms with Crippen LogP contribution in [0.3, 0.4) is 0 Å². The Morgan fingerprint density at radius 3 is 2.21 bits per heavy atom. The minimum Gasteiger partial charge on any atom is -0.344 e. The zero-order chi connectivity index (χ0) is 24.8. The van der Waals surface area contributed by atoms with Gasteiger partial charge in [-0.15, -0.1) is 0 Å². The SMILES string of the molecule is CCC(C)C([C]=O)NC(=O)C(Cc1ccccc1)NC(=O)C(C)NC(=O)C(N)CCCCN. The fourth-order valence-corrected chi connectivity index (χ4v) is 3.16. The standard InChI is InChI=1S/C24H38N5O4/c1-4-16(2)21(15-30)29-24(33)20(14-18-10-6-5-7-11-18)28-22(31)17(3)27-23(32)19(26)12-8-9-13-25/h5-7,10-11,16-17,19-21H,4,8-9,12-14,25-26H2,1-3H3,(H,27,32)(H,28,31)(H,29,33). The van der Waals surface area contributed by atoms with E-state index in [0.29, 0.717) is 19.4 Å². The summed E-state index contributed by atoms with van der Waals surface area (Å²) >= 11 is 0. The van der Waals surface area contributed by atoms with E-state index in [4.69, 9.17) is 11.5 Å². The van der Waals surface area contributed by atoms with Crippen LogP contribution < -0.4 is 27.4 Å². The van der Waals surface area contributed by atoms with Gasteiger partial charge < -0.3 is 27.4 Å². The van der Waals surface area contributed by atoms with Crippen LogP contribution in [0.15, 0.2) is 30.3 Å². The Hall–Kier alpha value is -2.78. The van der Waals surface area contributed by atoms with Crippen molar-refractivity contribution in [3.63, 3.8) is 0 Å². The van der Waals surface area contributed by atoms with Gasteiger partial charge >= 0.3 is 0 Å². The summed E-state index contributed by atoms with van der Waals surface area (Å²) in [4.78, 5) is 49.3. The zero-order valence-corrected chi connectivity index (χ0v) is 19.8. The number of unbranched alkanes of at least 4 members (excludes halogenated alkanes) is 1. The zero-order valence-electron chi connectivity index (χ0n) is 19.8. The first-order valence-electron chi connectivity index (χ1n) is 11.5. The predicted octanol–water partition coefficient (Wildman–Crippen LogP) is 0.316. The second kappa shape index (κ2) is 15.1. The summed E-state index contributed by atoms with van der Waals surface area (Å²) in [5, 5.41) is 7.96. The molecule has 9 heteroatoms. The average molecular weight is 461 g/mol. The van der Waals surface area contributed by atoms with E-state index in [2.05, 4.69) is 16.0 Å². The Balaban J connectivity index is 2.84. The van der Waals surface area contributed by atoms with Crippen molar-refractivity contribution in [1.29, 1.82) is 0 Å². The topological polar surface area (TPSA) is 156 Å². The highest BCUT2D eigenvalue weighted by molar-refractivity contribution is 5.93. The first kappa shape index (κ1) is 28.3. The summed E-state index contributed by atoms with van der Waals surface area (Å²) in [6.45, 7) is 5.81. The molecule has 0 saturated carbocycles. The molecule has 5 atom stereocenters. The second-order valence-electron chi connectivity index (χ2n) is 8.36. The van der Waals surface area contributed by atoms with Gasteiger partial charge in [-0.2, -0.15) is 0 Å². The summed E-state index contributed by atoms with van der Waals surface area (Å²) in [5.74, 6) is -1.55. The number of hydrogen-bond acceptors (Lipinski definition) is 6.